The molecular formula is C13H12O3. The summed E-state index contributed by atoms with van der Waals surface area (Å²) in [7, 11) is 0. The quantitative estimate of drug-likeness (QED) is 0.491. The van der Waals surface area contributed by atoms with E-state index in [1.54, 1.807) is 6.07 Å². The first-order chi connectivity index (χ1) is 7.68. The van der Waals surface area contributed by atoms with Crippen molar-refractivity contribution in [2.24, 2.45) is 5.41 Å². The first kappa shape index (κ1) is 9.58. The number of benzene rings is 1. The van der Waals surface area contributed by atoms with Crippen molar-refractivity contribution in [3.63, 3.8) is 0 Å². The van der Waals surface area contributed by atoms with Crippen molar-refractivity contribution in [3.8, 4) is 0 Å². The molecule has 3 nitrogen and oxygen atoms in total. The first-order valence-electron chi connectivity index (χ1n) is 5.49. The zero-order valence-electron chi connectivity index (χ0n) is 9.03. The summed E-state index contributed by atoms with van der Waals surface area (Å²) in [6, 6.07) is 7.47. The Morgan fingerprint density at radius 2 is 2.06 bits per heavy atom. The number of hydrogen-bond donors (Lipinski definition) is 0. The number of hydrogen-bond acceptors (Lipinski definition) is 3. The normalized spacial score (nSPS) is 31.9. The largest absolute Gasteiger partial charge is 0.465 e. The number of cyclic esters (lactones) is 1. The van der Waals surface area contributed by atoms with Crippen molar-refractivity contribution in [2.75, 3.05) is 6.61 Å². The van der Waals surface area contributed by atoms with Gasteiger partial charge < -0.3 is 4.74 Å². The smallest absolute Gasteiger partial charge is 0.320 e. The van der Waals surface area contributed by atoms with E-state index in [-0.39, 0.29) is 17.7 Å². The lowest BCUT2D eigenvalue weighted by molar-refractivity contribution is -0.144. The minimum absolute atomic E-state index is 0.0573. The highest BCUT2D eigenvalue weighted by molar-refractivity contribution is 6.17. The standard InChI is InChI=1S/C13H12O3/c1-8-9-4-2-3-5-10(9)11(14)13(8)6-7-16-12(13)15/h2-5,8H,6-7H2,1H3/t8-,13-/m1/s1. The van der Waals surface area contributed by atoms with E-state index >= 15 is 0 Å². The Hall–Kier alpha value is -1.64. The molecule has 16 heavy (non-hydrogen) atoms. The molecule has 0 N–H and O–H groups in total. The Balaban J connectivity index is 2.21. The van der Waals surface area contributed by atoms with Crippen LogP contribution in [0.1, 0.15) is 35.2 Å². The second-order valence-electron chi connectivity index (χ2n) is 4.50. The highest BCUT2D eigenvalue weighted by Crippen LogP contribution is 2.52. The van der Waals surface area contributed by atoms with Crippen LogP contribution in [0.4, 0.5) is 0 Å². The topological polar surface area (TPSA) is 43.4 Å². The summed E-state index contributed by atoms with van der Waals surface area (Å²) < 4.78 is 5.00. The van der Waals surface area contributed by atoms with Gasteiger partial charge >= 0.3 is 5.97 Å². The molecule has 0 unspecified atom stereocenters. The second kappa shape index (κ2) is 2.94. The summed E-state index contributed by atoms with van der Waals surface area (Å²) in [6.45, 7) is 2.30. The van der Waals surface area contributed by atoms with Crippen molar-refractivity contribution in [3.05, 3.63) is 35.4 Å². The van der Waals surface area contributed by atoms with E-state index in [0.717, 1.165) is 5.56 Å². The number of ketones is 1. The van der Waals surface area contributed by atoms with Gasteiger partial charge in [0.15, 0.2) is 5.78 Å². The third-order valence-corrected chi connectivity index (χ3v) is 3.91. The number of Topliss-reactive ketones (excluding diaryl/α,β-unsaturated/α-hetero) is 1. The highest BCUT2D eigenvalue weighted by atomic mass is 16.5. The van der Waals surface area contributed by atoms with E-state index in [4.69, 9.17) is 4.74 Å². The molecule has 2 atom stereocenters. The summed E-state index contributed by atoms with van der Waals surface area (Å²) >= 11 is 0. The van der Waals surface area contributed by atoms with Gasteiger partial charge in [-0.25, -0.2) is 0 Å². The van der Waals surface area contributed by atoms with Crippen molar-refractivity contribution in [2.45, 2.75) is 19.3 Å². The van der Waals surface area contributed by atoms with Crippen molar-refractivity contribution < 1.29 is 14.3 Å². The zero-order chi connectivity index (χ0) is 11.3. The number of rotatable bonds is 0. The Kier molecular flexibility index (Phi) is 1.76. The lowest BCUT2D eigenvalue weighted by Crippen LogP contribution is -2.35. The first-order valence-corrected chi connectivity index (χ1v) is 5.49. The lowest BCUT2D eigenvalue weighted by Gasteiger charge is -2.21. The summed E-state index contributed by atoms with van der Waals surface area (Å²) in [5, 5.41) is 0. The molecule has 3 heteroatoms. The maximum absolute atomic E-state index is 12.3. The molecule has 82 valence electrons. The molecule has 1 heterocycles. The van der Waals surface area contributed by atoms with Gasteiger partial charge in [-0.15, -0.1) is 0 Å². The van der Waals surface area contributed by atoms with Gasteiger partial charge in [0.1, 0.15) is 5.41 Å². The van der Waals surface area contributed by atoms with Gasteiger partial charge in [0.05, 0.1) is 6.61 Å². The molecule has 2 aliphatic rings. The van der Waals surface area contributed by atoms with E-state index in [1.807, 2.05) is 25.1 Å². The van der Waals surface area contributed by atoms with Crippen LogP contribution in [0.15, 0.2) is 24.3 Å². The van der Waals surface area contributed by atoms with E-state index in [9.17, 15) is 9.59 Å². The molecule has 1 fully saturated rings. The van der Waals surface area contributed by atoms with E-state index < -0.39 is 5.41 Å². The number of carbonyl (C=O) groups is 2. The van der Waals surface area contributed by atoms with Gasteiger partial charge in [-0.05, 0) is 5.56 Å². The van der Waals surface area contributed by atoms with Crippen LogP contribution in [-0.2, 0) is 9.53 Å². The van der Waals surface area contributed by atoms with E-state index in [2.05, 4.69) is 0 Å². The molecule has 1 saturated heterocycles. The van der Waals surface area contributed by atoms with Gasteiger partial charge in [-0.3, -0.25) is 9.59 Å². The van der Waals surface area contributed by atoms with E-state index in [1.165, 1.54) is 0 Å². The fraction of sp³-hybridized carbons (Fsp3) is 0.385. The van der Waals surface area contributed by atoms with E-state index in [0.29, 0.717) is 18.6 Å². The molecule has 0 saturated carbocycles. The molecule has 1 aromatic carbocycles. The predicted octanol–water partition coefficient (Wildman–Crippen LogP) is 1.92. The number of ether oxygens (including phenoxy) is 1. The molecule has 0 bridgehead atoms. The van der Waals surface area contributed by atoms with Crippen molar-refractivity contribution in [1.29, 1.82) is 0 Å². The monoisotopic (exact) mass is 216 g/mol. The van der Waals surface area contributed by atoms with Crippen LogP contribution >= 0.6 is 0 Å². The maximum Gasteiger partial charge on any atom is 0.320 e. The Morgan fingerprint density at radius 1 is 1.31 bits per heavy atom. The molecule has 3 rings (SSSR count). The second-order valence-corrected chi connectivity index (χ2v) is 4.50. The lowest BCUT2D eigenvalue weighted by atomic mass is 9.75. The summed E-state index contributed by atoms with van der Waals surface area (Å²) in [5.74, 6) is -0.467. The third kappa shape index (κ3) is 0.889. The van der Waals surface area contributed by atoms with Gasteiger partial charge in [-0.1, -0.05) is 31.2 Å². The minimum Gasteiger partial charge on any atom is -0.465 e. The Labute approximate surface area is 93.4 Å². The van der Waals surface area contributed by atoms with Gasteiger partial charge in [0.2, 0.25) is 0 Å². The van der Waals surface area contributed by atoms with Crippen molar-refractivity contribution in [1.82, 2.24) is 0 Å². The molecular weight excluding hydrogens is 204 g/mol. The molecule has 0 radical (unpaired) electrons. The van der Waals surface area contributed by atoms with Gasteiger partial charge in [-0.2, -0.15) is 0 Å². The van der Waals surface area contributed by atoms with Crippen LogP contribution in [-0.4, -0.2) is 18.4 Å². The summed E-state index contributed by atoms with van der Waals surface area (Å²) in [6.07, 6.45) is 0.514. The van der Waals surface area contributed by atoms with Crippen LogP contribution < -0.4 is 0 Å². The average Bonchev–Trinajstić information content (AvgIpc) is 2.78. The minimum atomic E-state index is -0.927. The zero-order valence-corrected chi connectivity index (χ0v) is 9.03. The molecule has 1 aromatic rings. The predicted molar refractivity (Wildman–Crippen MR) is 57.2 cm³/mol. The van der Waals surface area contributed by atoms with Crippen LogP contribution in [0.5, 0.6) is 0 Å². The highest BCUT2D eigenvalue weighted by Gasteiger charge is 2.59. The van der Waals surface area contributed by atoms with Crippen LogP contribution in [0.3, 0.4) is 0 Å². The number of esters is 1. The molecule has 1 aliphatic carbocycles. The summed E-state index contributed by atoms with van der Waals surface area (Å²) in [4.78, 5) is 24.2. The Morgan fingerprint density at radius 3 is 2.69 bits per heavy atom. The average molecular weight is 216 g/mol. The molecule has 1 aliphatic heterocycles. The Bertz CT molecular complexity index is 492. The van der Waals surface area contributed by atoms with Crippen molar-refractivity contribution >= 4 is 11.8 Å². The fourth-order valence-electron chi connectivity index (χ4n) is 2.92. The molecule has 1 spiro atoms. The SMILES string of the molecule is C[C@@H]1c2ccccc2C(=O)[C@@]12CCOC2=O. The van der Waals surface area contributed by atoms with Gasteiger partial charge in [0.25, 0.3) is 0 Å². The van der Waals surface area contributed by atoms with Crippen LogP contribution in [0.2, 0.25) is 0 Å². The third-order valence-electron chi connectivity index (χ3n) is 3.91. The van der Waals surface area contributed by atoms with Gasteiger partial charge in [0, 0.05) is 17.9 Å². The fourth-order valence-corrected chi connectivity index (χ4v) is 2.92. The molecule has 0 aromatic heterocycles. The van der Waals surface area contributed by atoms with Crippen LogP contribution in [0, 0.1) is 5.41 Å². The van der Waals surface area contributed by atoms with Crippen LogP contribution in [0.25, 0.3) is 0 Å². The summed E-state index contributed by atoms with van der Waals surface area (Å²) in [5.41, 5.74) is 0.740. The number of carbonyl (C=O) groups excluding carboxylic acids is 2. The maximum atomic E-state index is 12.3. The number of fused-ring (bicyclic) bond motifs is 1. The molecule has 0 amide bonds.